The number of ether oxygens (including phenoxy) is 1. The zero-order valence-electron chi connectivity index (χ0n) is 11.1. The second-order valence-corrected chi connectivity index (χ2v) is 5.41. The number of benzene rings is 1. The molecule has 1 aromatic rings. The minimum atomic E-state index is 0.600. The van der Waals surface area contributed by atoms with Crippen molar-refractivity contribution in [3.8, 4) is 5.75 Å². The number of likely N-dealkylation sites (tertiary alicyclic amines) is 1. The third kappa shape index (κ3) is 2.38. The summed E-state index contributed by atoms with van der Waals surface area (Å²) in [5.41, 5.74) is 2.82. The van der Waals surface area contributed by atoms with Gasteiger partial charge in [0.15, 0.2) is 0 Å². The Morgan fingerprint density at radius 2 is 2.39 bits per heavy atom. The fourth-order valence-corrected chi connectivity index (χ4v) is 3.01. The molecule has 0 bridgehead atoms. The number of nitrogens with zero attached hydrogens (tertiary/aromatic N) is 1. The molecule has 1 fully saturated rings. The van der Waals surface area contributed by atoms with E-state index in [-0.39, 0.29) is 0 Å². The highest BCUT2D eigenvalue weighted by Crippen LogP contribution is 2.26. The van der Waals surface area contributed by atoms with E-state index in [4.69, 9.17) is 4.74 Å². The maximum Gasteiger partial charge on any atom is 0.122 e. The molecule has 3 rings (SSSR count). The lowest BCUT2D eigenvalue weighted by molar-refractivity contribution is 0.196. The molecule has 0 radical (unpaired) electrons. The van der Waals surface area contributed by atoms with E-state index in [1.807, 2.05) is 0 Å². The molecule has 1 atom stereocenters. The molecule has 0 amide bonds. The van der Waals surface area contributed by atoms with Gasteiger partial charge in [-0.2, -0.15) is 0 Å². The molecule has 0 aliphatic carbocycles. The van der Waals surface area contributed by atoms with Crippen LogP contribution in [0.4, 0.5) is 0 Å². The lowest BCUT2D eigenvalue weighted by atomic mass is 10.0. The van der Waals surface area contributed by atoms with Gasteiger partial charge in [0.2, 0.25) is 0 Å². The van der Waals surface area contributed by atoms with E-state index < -0.39 is 0 Å². The summed E-state index contributed by atoms with van der Waals surface area (Å²) < 4.78 is 6.09. The molecule has 2 heterocycles. The standard InChI is InChI=1S/C15H22N2O/c1-17-9-3-5-13(17)11-18-15-6-2-4-12-10-16-8-7-14(12)15/h2,4,6,13,16H,3,5,7-11H2,1H3/t13-/m0/s1. The topological polar surface area (TPSA) is 24.5 Å². The van der Waals surface area contributed by atoms with Crippen molar-refractivity contribution >= 4 is 0 Å². The molecular formula is C15H22N2O. The Balaban J connectivity index is 1.69. The Bertz CT molecular complexity index is 419. The number of nitrogens with one attached hydrogen (secondary N) is 1. The van der Waals surface area contributed by atoms with E-state index in [0.717, 1.165) is 31.9 Å². The van der Waals surface area contributed by atoms with Crippen LogP contribution in [0.5, 0.6) is 5.75 Å². The first kappa shape index (κ1) is 12.0. The molecule has 1 saturated heterocycles. The predicted octanol–water partition coefficient (Wildman–Crippen LogP) is 1.81. The van der Waals surface area contributed by atoms with Crippen LogP contribution in [0, 0.1) is 0 Å². The Labute approximate surface area is 109 Å². The first-order valence-electron chi connectivity index (χ1n) is 6.99. The zero-order valence-corrected chi connectivity index (χ0v) is 11.1. The molecule has 2 aliphatic rings. The quantitative estimate of drug-likeness (QED) is 0.880. The van der Waals surface area contributed by atoms with Crippen LogP contribution < -0.4 is 10.1 Å². The van der Waals surface area contributed by atoms with Gasteiger partial charge in [0.25, 0.3) is 0 Å². The number of hydrogen-bond acceptors (Lipinski definition) is 3. The van der Waals surface area contributed by atoms with Gasteiger partial charge in [-0.3, -0.25) is 0 Å². The van der Waals surface area contributed by atoms with Crippen molar-refractivity contribution in [2.45, 2.75) is 31.8 Å². The summed E-state index contributed by atoms with van der Waals surface area (Å²) in [6.07, 6.45) is 3.67. The van der Waals surface area contributed by atoms with Gasteiger partial charge in [-0.05, 0) is 56.6 Å². The van der Waals surface area contributed by atoms with Gasteiger partial charge in [0.05, 0.1) is 0 Å². The minimum absolute atomic E-state index is 0.600. The average Bonchev–Trinajstić information content (AvgIpc) is 2.82. The SMILES string of the molecule is CN1CCC[C@H]1COc1cccc2c1CCNC2. The summed E-state index contributed by atoms with van der Waals surface area (Å²) in [5.74, 6) is 1.11. The molecular weight excluding hydrogens is 224 g/mol. The second kappa shape index (κ2) is 5.29. The van der Waals surface area contributed by atoms with E-state index in [1.165, 1.54) is 30.5 Å². The van der Waals surface area contributed by atoms with Crippen molar-refractivity contribution in [3.05, 3.63) is 29.3 Å². The van der Waals surface area contributed by atoms with Crippen LogP contribution in [-0.2, 0) is 13.0 Å². The van der Waals surface area contributed by atoms with Crippen LogP contribution in [-0.4, -0.2) is 37.7 Å². The Morgan fingerprint density at radius 1 is 1.44 bits per heavy atom. The third-order valence-electron chi connectivity index (χ3n) is 4.20. The number of hydrogen-bond donors (Lipinski definition) is 1. The summed E-state index contributed by atoms with van der Waals surface area (Å²) in [7, 11) is 2.20. The minimum Gasteiger partial charge on any atom is -0.492 e. The van der Waals surface area contributed by atoms with Crippen molar-refractivity contribution in [1.82, 2.24) is 10.2 Å². The Morgan fingerprint density at radius 3 is 3.22 bits per heavy atom. The fourth-order valence-electron chi connectivity index (χ4n) is 3.01. The van der Waals surface area contributed by atoms with Crippen LogP contribution in [0.3, 0.4) is 0 Å². The molecule has 0 aromatic heterocycles. The molecule has 0 unspecified atom stereocenters. The lowest BCUT2D eigenvalue weighted by Crippen LogP contribution is -2.31. The highest BCUT2D eigenvalue weighted by atomic mass is 16.5. The predicted molar refractivity (Wildman–Crippen MR) is 73.0 cm³/mol. The van der Waals surface area contributed by atoms with Crippen LogP contribution in [0.25, 0.3) is 0 Å². The fraction of sp³-hybridized carbons (Fsp3) is 0.600. The van der Waals surface area contributed by atoms with Gasteiger partial charge in [-0.15, -0.1) is 0 Å². The molecule has 1 aromatic carbocycles. The Kier molecular flexibility index (Phi) is 3.52. The summed E-state index contributed by atoms with van der Waals surface area (Å²) >= 11 is 0. The number of likely N-dealkylation sites (N-methyl/N-ethyl adjacent to an activating group) is 1. The summed E-state index contributed by atoms with van der Waals surface area (Å²) in [6, 6.07) is 7.04. The van der Waals surface area contributed by atoms with E-state index in [2.05, 4.69) is 35.5 Å². The van der Waals surface area contributed by atoms with E-state index >= 15 is 0 Å². The van der Waals surface area contributed by atoms with Crippen molar-refractivity contribution in [2.24, 2.45) is 0 Å². The van der Waals surface area contributed by atoms with Gasteiger partial charge in [0, 0.05) is 12.6 Å². The molecule has 18 heavy (non-hydrogen) atoms. The van der Waals surface area contributed by atoms with Gasteiger partial charge < -0.3 is 15.0 Å². The van der Waals surface area contributed by atoms with Crippen molar-refractivity contribution in [2.75, 3.05) is 26.7 Å². The van der Waals surface area contributed by atoms with Crippen LogP contribution in [0.15, 0.2) is 18.2 Å². The van der Waals surface area contributed by atoms with E-state index in [9.17, 15) is 0 Å². The monoisotopic (exact) mass is 246 g/mol. The van der Waals surface area contributed by atoms with Crippen LogP contribution in [0.1, 0.15) is 24.0 Å². The molecule has 3 heteroatoms. The summed E-state index contributed by atoms with van der Waals surface area (Å²) in [6.45, 7) is 4.10. The molecule has 0 spiro atoms. The Hall–Kier alpha value is -1.06. The van der Waals surface area contributed by atoms with Gasteiger partial charge in [-0.1, -0.05) is 12.1 Å². The first-order chi connectivity index (χ1) is 8.84. The summed E-state index contributed by atoms with van der Waals surface area (Å²) in [4.78, 5) is 2.41. The van der Waals surface area contributed by atoms with Crippen LogP contribution in [0.2, 0.25) is 0 Å². The van der Waals surface area contributed by atoms with Gasteiger partial charge >= 0.3 is 0 Å². The lowest BCUT2D eigenvalue weighted by Gasteiger charge is -2.23. The van der Waals surface area contributed by atoms with Crippen LogP contribution >= 0.6 is 0 Å². The summed E-state index contributed by atoms with van der Waals surface area (Å²) in [5, 5.41) is 3.41. The molecule has 2 aliphatic heterocycles. The van der Waals surface area contributed by atoms with E-state index in [0.29, 0.717) is 6.04 Å². The van der Waals surface area contributed by atoms with Gasteiger partial charge in [0.1, 0.15) is 12.4 Å². The highest BCUT2D eigenvalue weighted by Gasteiger charge is 2.22. The maximum absolute atomic E-state index is 6.09. The number of fused-ring (bicyclic) bond motifs is 1. The zero-order chi connectivity index (χ0) is 12.4. The van der Waals surface area contributed by atoms with Crippen molar-refractivity contribution in [1.29, 1.82) is 0 Å². The first-order valence-corrected chi connectivity index (χ1v) is 6.99. The molecule has 98 valence electrons. The van der Waals surface area contributed by atoms with E-state index in [1.54, 1.807) is 0 Å². The average molecular weight is 246 g/mol. The maximum atomic E-state index is 6.09. The third-order valence-corrected chi connectivity index (χ3v) is 4.20. The molecule has 0 saturated carbocycles. The smallest absolute Gasteiger partial charge is 0.122 e. The van der Waals surface area contributed by atoms with Crippen molar-refractivity contribution < 1.29 is 4.74 Å². The highest BCUT2D eigenvalue weighted by molar-refractivity contribution is 5.41. The molecule has 3 nitrogen and oxygen atoms in total. The largest absolute Gasteiger partial charge is 0.492 e. The van der Waals surface area contributed by atoms with Crippen molar-refractivity contribution in [3.63, 3.8) is 0 Å². The van der Waals surface area contributed by atoms with Gasteiger partial charge in [-0.25, -0.2) is 0 Å². The second-order valence-electron chi connectivity index (χ2n) is 5.41. The molecule has 1 N–H and O–H groups in total. The number of rotatable bonds is 3. The normalized spacial score (nSPS) is 23.9.